The first kappa shape index (κ1) is 14.1. The maximum absolute atomic E-state index is 12.4. The van der Waals surface area contributed by atoms with E-state index < -0.39 is 0 Å². The quantitative estimate of drug-likeness (QED) is 0.723. The summed E-state index contributed by atoms with van der Waals surface area (Å²) < 4.78 is 1.50. The SMILES string of the molecule is CNC(=O)Cn1cc(NC(=O)C2C3CCC(C3)C2N)cn1. The van der Waals surface area contributed by atoms with Gasteiger partial charge < -0.3 is 16.4 Å². The number of anilines is 1. The van der Waals surface area contributed by atoms with Crippen molar-refractivity contribution in [2.45, 2.75) is 31.8 Å². The number of amides is 2. The molecule has 0 aromatic carbocycles. The molecule has 2 bridgehead atoms. The lowest BCUT2D eigenvalue weighted by molar-refractivity contribution is -0.122. The van der Waals surface area contributed by atoms with Crippen molar-refractivity contribution in [1.29, 1.82) is 0 Å². The van der Waals surface area contributed by atoms with Crippen LogP contribution in [0.3, 0.4) is 0 Å². The Hall–Kier alpha value is -1.89. The molecule has 21 heavy (non-hydrogen) atoms. The minimum Gasteiger partial charge on any atom is -0.358 e. The molecule has 3 rings (SSSR count). The Labute approximate surface area is 123 Å². The van der Waals surface area contributed by atoms with Crippen LogP contribution < -0.4 is 16.4 Å². The van der Waals surface area contributed by atoms with Crippen LogP contribution in [0.25, 0.3) is 0 Å². The summed E-state index contributed by atoms with van der Waals surface area (Å²) in [7, 11) is 1.57. The fraction of sp³-hybridized carbons (Fsp3) is 0.643. The van der Waals surface area contributed by atoms with Crippen LogP contribution in [0.4, 0.5) is 5.69 Å². The van der Waals surface area contributed by atoms with Crippen molar-refractivity contribution < 1.29 is 9.59 Å². The number of carbonyl (C=O) groups excluding carboxylic acids is 2. The number of nitrogens with two attached hydrogens (primary N) is 1. The summed E-state index contributed by atoms with van der Waals surface area (Å²) in [5, 5.41) is 9.47. The van der Waals surface area contributed by atoms with Crippen molar-refractivity contribution in [3.05, 3.63) is 12.4 Å². The number of hydrogen-bond donors (Lipinski definition) is 3. The van der Waals surface area contributed by atoms with Gasteiger partial charge in [-0.2, -0.15) is 5.10 Å². The fourth-order valence-electron chi connectivity index (χ4n) is 3.69. The standard InChI is InChI=1S/C14H21N5O2/c1-16-11(20)7-19-6-10(5-17-19)18-14(21)12-8-2-3-9(4-8)13(12)15/h5-6,8-9,12-13H,2-4,7,15H2,1H3,(H,16,20)(H,18,21). The molecule has 0 aliphatic heterocycles. The molecule has 4 unspecified atom stereocenters. The van der Waals surface area contributed by atoms with Crippen molar-refractivity contribution in [3.8, 4) is 0 Å². The van der Waals surface area contributed by atoms with Crippen molar-refractivity contribution in [2.24, 2.45) is 23.5 Å². The van der Waals surface area contributed by atoms with Crippen molar-refractivity contribution >= 4 is 17.5 Å². The van der Waals surface area contributed by atoms with Gasteiger partial charge in [0.25, 0.3) is 0 Å². The van der Waals surface area contributed by atoms with Crippen molar-refractivity contribution in [1.82, 2.24) is 15.1 Å². The molecular formula is C14H21N5O2. The van der Waals surface area contributed by atoms with E-state index in [4.69, 9.17) is 5.73 Å². The molecule has 0 radical (unpaired) electrons. The summed E-state index contributed by atoms with van der Waals surface area (Å²) in [6.07, 6.45) is 6.55. The van der Waals surface area contributed by atoms with E-state index in [1.165, 1.54) is 4.68 Å². The van der Waals surface area contributed by atoms with Crippen LogP contribution in [0.1, 0.15) is 19.3 Å². The van der Waals surface area contributed by atoms with Crippen molar-refractivity contribution in [2.75, 3.05) is 12.4 Å². The first-order chi connectivity index (χ1) is 10.1. The third-order valence-corrected chi connectivity index (χ3v) is 4.77. The zero-order chi connectivity index (χ0) is 15.0. The number of nitrogens with one attached hydrogen (secondary N) is 2. The van der Waals surface area contributed by atoms with Gasteiger partial charge in [-0.25, -0.2) is 0 Å². The molecule has 1 aromatic rings. The molecule has 114 valence electrons. The minimum atomic E-state index is -0.133. The molecule has 1 heterocycles. The number of fused-ring (bicyclic) bond motifs is 2. The number of nitrogens with zero attached hydrogens (tertiary/aromatic N) is 2. The van der Waals surface area contributed by atoms with Gasteiger partial charge in [0.05, 0.1) is 17.8 Å². The predicted octanol–water partition coefficient (Wildman–Crippen LogP) is -0.0590. The van der Waals surface area contributed by atoms with E-state index in [1.54, 1.807) is 19.4 Å². The zero-order valence-corrected chi connectivity index (χ0v) is 12.1. The van der Waals surface area contributed by atoms with Crippen LogP contribution in [0, 0.1) is 17.8 Å². The van der Waals surface area contributed by atoms with E-state index >= 15 is 0 Å². The molecule has 7 nitrogen and oxygen atoms in total. The second-order valence-corrected chi connectivity index (χ2v) is 6.03. The van der Waals surface area contributed by atoms with E-state index in [9.17, 15) is 9.59 Å². The first-order valence-corrected chi connectivity index (χ1v) is 7.38. The Kier molecular flexibility index (Phi) is 3.67. The summed E-state index contributed by atoms with van der Waals surface area (Å²) in [5.41, 5.74) is 6.78. The van der Waals surface area contributed by atoms with Gasteiger partial charge in [-0.3, -0.25) is 14.3 Å². The molecule has 2 aliphatic rings. The topological polar surface area (TPSA) is 102 Å². The smallest absolute Gasteiger partial charge is 0.241 e. The van der Waals surface area contributed by atoms with E-state index in [-0.39, 0.29) is 30.3 Å². The van der Waals surface area contributed by atoms with E-state index in [0.717, 1.165) is 19.3 Å². The average Bonchev–Trinajstić information content (AvgIpc) is 3.14. The monoisotopic (exact) mass is 291 g/mol. The Morgan fingerprint density at radius 2 is 2.19 bits per heavy atom. The zero-order valence-electron chi connectivity index (χ0n) is 12.1. The molecule has 0 saturated heterocycles. The number of hydrogen-bond acceptors (Lipinski definition) is 4. The van der Waals surface area contributed by atoms with Gasteiger partial charge in [-0.15, -0.1) is 0 Å². The Morgan fingerprint density at radius 3 is 2.86 bits per heavy atom. The van der Waals surface area contributed by atoms with Crippen LogP contribution in [-0.4, -0.2) is 34.7 Å². The maximum atomic E-state index is 12.4. The molecule has 2 fully saturated rings. The van der Waals surface area contributed by atoms with Crippen LogP contribution >= 0.6 is 0 Å². The highest BCUT2D eigenvalue weighted by Crippen LogP contribution is 2.47. The maximum Gasteiger partial charge on any atom is 0.241 e. The first-order valence-electron chi connectivity index (χ1n) is 7.38. The lowest BCUT2D eigenvalue weighted by atomic mass is 9.84. The molecule has 4 atom stereocenters. The molecular weight excluding hydrogens is 270 g/mol. The summed E-state index contributed by atoms with van der Waals surface area (Å²) in [6.45, 7) is 0.139. The largest absolute Gasteiger partial charge is 0.358 e. The number of rotatable bonds is 4. The van der Waals surface area contributed by atoms with Gasteiger partial charge in [0.15, 0.2) is 0 Å². The van der Waals surface area contributed by atoms with Crippen LogP contribution in [0.15, 0.2) is 12.4 Å². The van der Waals surface area contributed by atoms with E-state index in [1.807, 2.05) is 0 Å². The summed E-state index contributed by atoms with van der Waals surface area (Å²) in [4.78, 5) is 23.7. The number of likely N-dealkylation sites (N-methyl/N-ethyl adjacent to an activating group) is 1. The lowest BCUT2D eigenvalue weighted by Gasteiger charge is -2.26. The molecule has 2 amide bonds. The molecule has 2 saturated carbocycles. The van der Waals surface area contributed by atoms with Gasteiger partial charge in [0.2, 0.25) is 11.8 Å². The Bertz CT molecular complexity index is 553. The van der Waals surface area contributed by atoms with Gasteiger partial charge >= 0.3 is 0 Å². The van der Waals surface area contributed by atoms with E-state index in [0.29, 0.717) is 17.5 Å². The van der Waals surface area contributed by atoms with Crippen LogP contribution in [0.2, 0.25) is 0 Å². The van der Waals surface area contributed by atoms with Gasteiger partial charge in [-0.1, -0.05) is 0 Å². The molecule has 0 spiro atoms. The second kappa shape index (κ2) is 5.48. The highest BCUT2D eigenvalue weighted by atomic mass is 16.2. The number of aromatic nitrogens is 2. The summed E-state index contributed by atoms with van der Waals surface area (Å²) in [5.74, 6) is 0.680. The van der Waals surface area contributed by atoms with Crippen LogP contribution in [0.5, 0.6) is 0 Å². The third-order valence-electron chi connectivity index (χ3n) is 4.77. The van der Waals surface area contributed by atoms with Gasteiger partial charge in [0, 0.05) is 19.3 Å². The molecule has 7 heteroatoms. The molecule has 2 aliphatic carbocycles. The lowest BCUT2D eigenvalue weighted by Crippen LogP contribution is -2.42. The fourth-order valence-corrected chi connectivity index (χ4v) is 3.69. The predicted molar refractivity (Wildman–Crippen MR) is 77.2 cm³/mol. The average molecular weight is 291 g/mol. The number of carbonyl (C=O) groups is 2. The molecule has 1 aromatic heterocycles. The normalized spacial score (nSPS) is 30.4. The van der Waals surface area contributed by atoms with Crippen LogP contribution in [-0.2, 0) is 16.1 Å². The summed E-state index contributed by atoms with van der Waals surface area (Å²) >= 11 is 0. The van der Waals surface area contributed by atoms with Gasteiger partial charge in [0.1, 0.15) is 6.54 Å². The molecule has 4 N–H and O–H groups in total. The highest BCUT2D eigenvalue weighted by Gasteiger charge is 2.49. The minimum absolute atomic E-state index is 0.0193. The van der Waals surface area contributed by atoms with Crippen molar-refractivity contribution in [3.63, 3.8) is 0 Å². The van der Waals surface area contributed by atoms with Gasteiger partial charge in [-0.05, 0) is 31.1 Å². The Morgan fingerprint density at radius 1 is 1.43 bits per heavy atom. The Balaban J connectivity index is 1.61. The highest BCUT2D eigenvalue weighted by molar-refractivity contribution is 5.93. The van der Waals surface area contributed by atoms with E-state index in [2.05, 4.69) is 15.7 Å². The summed E-state index contributed by atoms with van der Waals surface area (Å²) in [6, 6.07) is -0.0235. The second-order valence-electron chi connectivity index (χ2n) is 6.03. The third kappa shape index (κ3) is 2.65.